The molecule has 0 radical (unpaired) electrons. The Labute approximate surface area is 113 Å². The molecular weight excluding hydrogens is 240 g/mol. The summed E-state index contributed by atoms with van der Waals surface area (Å²) in [6, 6.07) is 6.23. The summed E-state index contributed by atoms with van der Waals surface area (Å²) in [6.07, 6.45) is 4.78. The van der Waals surface area contributed by atoms with Crippen molar-refractivity contribution in [2.45, 2.75) is 25.7 Å². The van der Waals surface area contributed by atoms with Crippen molar-refractivity contribution in [3.05, 3.63) is 29.3 Å². The topological polar surface area (TPSA) is 64.4 Å². The molecule has 4 nitrogen and oxygen atoms in total. The van der Waals surface area contributed by atoms with Crippen LogP contribution in [0.5, 0.6) is 0 Å². The lowest BCUT2D eigenvalue weighted by atomic mass is 9.85. The van der Waals surface area contributed by atoms with Crippen LogP contribution in [-0.4, -0.2) is 25.7 Å². The number of ether oxygens (including phenoxy) is 1. The van der Waals surface area contributed by atoms with Crippen LogP contribution < -0.4 is 11.1 Å². The molecular formula is C15H20N2O2. The number of benzene rings is 1. The van der Waals surface area contributed by atoms with Gasteiger partial charge in [0.05, 0.1) is 13.2 Å². The number of nitrogens with two attached hydrogens (primary N) is 1. The van der Waals surface area contributed by atoms with Crippen LogP contribution in [0.2, 0.25) is 0 Å². The molecule has 1 aromatic rings. The van der Waals surface area contributed by atoms with Crippen molar-refractivity contribution in [1.82, 2.24) is 0 Å². The third kappa shape index (κ3) is 2.26. The van der Waals surface area contributed by atoms with E-state index in [0.29, 0.717) is 19.8 Å². The van der Waals surface area contributed by atoms with Crippen molar-refractivity contribution < 1.29 is 9.53 Å². The van der Waals surface area contributed by atoms with Gasteiger partial charge in [0.25, 0.3) is 0 Å². The number of amides is 1. The molecule has 1 heterocycles. The minimum absolute atomic E-state index is 0.0167. The summed E-state index contributed by atoms with van der Waals surface area (Å²) in [4.78, 5) is 12.2. The number of anilines is 1. The molecule has 3 rings (SSSR count). The van der Waals surface area contributed by atoms with Crippen molar-refractivity contribution in [1.29, 1.82) is 0 Å². The van der Waals surface area contributed by atoms with Gasteiger partial charge in [0.1, 0.15) is 5.41 Å². The second kappa shape index (κ2) is 4.94. The van der Waals surface area contributed by atoms with E-state index in [4.69, 9.17) is 10.5 Å². The Hall–Kier alpha value is -1.39. The molecule has 1 fully saturated rings. The first-order valence-corrected chi connectivity index (χ1v) is 6.95. The molecule has 0 spiro atoms. The van der Waals surface area contributed by atoms with E-state index < -0.39 is 5.41 Å². The van der Waals surface area contributed by atoms with E-state index in [0.717, 1.165) is 18.5 Å². The lowest BCUT2D eigenvalue weighted by Crippen LogP contribution is -2.56. The summed E-state index contributed by atoms with van der Waals surface area (Å²) < 4.78 is 5.14. The van der Waals surface area contributed by atoms with Gasteiger partial charge < -0.3 is 15.8 Å². The Morgan fingerprint density at radius 3 is 2.63 bits per heavy atom. The molecule has 2 aliphatic rings. The highest BCUT2D eigenvalue weighted by molar-refractivity contribution is 5.96. The number of aryl methyl sites for hydroxylation is 2. The monoisotopic (exact) mass is 260 g/mol. The molecule has 0 atom stereocenters. The quantitative estimate of drug-likeness (QED) is 0.865. The Kier molecular flexibility index (Phi) is 3.29. The van der Waals surface area contributed by atoms with Gasteiger partial charge in [-0.25, -0.2) is 0 Å². The van der Waals surface area contributed by atoms with Crippen LogP contribution in [0.1, 0.15) is 24.0 Å². The molecule has 1 aliphatic heterocycles. The lowest BCUT2D eigenvalue weighted by Gasteiger charge is -2.38. The van der Waals surface area contributed by atoms with Crippen LogP contribution in [0, 0.1) is 5.41 Å². The average molecular weight is 260 g/mol. The zero-order valence-electron chi connectivity index (χ0n) is 11.1. The molecule has 102 valence electrons. The maximum Gasteiger partial charge on any atom is 0.236 e. The Morgan fingerprint density at radius 1 is 1.26 bits per heavy atom. The number of hydrogen-bond acceptors (Lipinski definition) is 3. The van der Waals surface area contributed by atoms with E-state index in [1.807, 2.05) is 6.07 Å². The molecule has 0 aromatic heterocycles. The largest absolute Gasteiger partial charge is 0.379 e. The standard InChI is InChI=1S/C15H20N2O2/c16-8-15(9-19-10-15)14(18)17-13-6-5-11-3-1-2-4-12(11)7-13/h5-7H,1-4,8-10,16H2,(H,17,18). The van der Waals surface area contributed by atoms with Gasteiger partial charge in [-0.05, 0) is 48.9 Å². The van der Waals surface area contributed by atoms with Crippen LogP contribution in [0.4, 0.5) is 5.69 Å². The van der Waals surface area contributed by atoms with Crippen molar-refractivity contribution in [3.63, 3.8) is 0 Å². The molecule has 1 aliphatic carbocycles. The van der Waals surface area contributed by atoms with Crippen LogP contribution in [-0.2, 0) is 22.4 Å². The van der Waals surface area contributed by atoms with E-state index in [-0.39, 0.29) is 5.91 Å². The number of carbonyl (C=O) groups excluding carboxylic acids is 1. The summed E-state index contributed by atoms with van der Waals surface area (Å²) in [5.74, 6) is -0.0167. The highest BCUT2D eigenvalue weighted by Crippen LogP contribution is 2.29. The molecule has 1 saturated heterocycles. The zero-order valence-corrected chi connectivity index (χ0v) is 11.1. The molecule has 1 aromatic carbocycles. The van der Waals surface area contributed by atoms with Gasteiger partial charge in [-0.2, -0.15) is 0 Å². The second-order valence-corrected chi connectivity index (χ2v) is 5.62. The van der Waals surface area contributed by atoms with Crippen molar-refractivity contribution in [3.8, 4) is 0 Å². The SMILES string of the molecule is NCC1(C(=O)Nc2ccc3c(c2)CCCC3)COC1. The average Bonchev–Trinajstić information content (AvgIpc) is 2.38. The van der Waals surface area contributed by atoms with Crippen LogP contribution in [0.15, 0.2) is 18.2 Å². The molecule has 4 heteroatoms. The molecule has 0 unspecified atom stereocenters. The van der Waals surface area contributed by atoms with Crippen LogP contribution >= 0.6 is 0 Å². The van der Waals surface area contributed by atoms with E-state index >= 15 is 0 Å². The maximum atomic E-state index is 12.2. The number of rotatable bonds is 3. The molecule has 1 amide bonds. The van der Waals surface area contributed by atoms with Gasteiger partial charge in [-0.1, -0.05) is 6.07 Å². The molecule has 0 saturated carbocycles. The molecule has 19 heavy (non-hydrogen) atoms. The minimum Gasteiger partial charge on any atom is -0.379 e. The Bertz CT molecular complexity index is 489. The minimum atomic E-state index is -0.518. The van der Waals surface area contributed by atoms with E-state index in [2.05, 4.69) is 17.4 Å². The fourth-order valence-electron chi connectivity index (χ4n) is 2.76. The number of nitrogens with one attached hydrogen (secondary N) is 1. The third-order valence-electron chi connectivity index (χ3n) is 4.24. The van der Waals surface area contributed by atoms with E-state index in [1.165, 1.54) is 24.0 Å². The summed E-state index contributed by atoms with van der Waals surface area (Å²) in [5.41, 5.74) is 8.85. The zero-order chi connectivity index (χ0) is 13.3. The number of fused-ring (bicyclic) bond motifs is 1. The predicted molar refractivity (Wildman–Crippen MR) is 74.0 cm³/mol. The highest BCUT2D eigenvalue weighted by atomic mass is 16.5. The van der Waals surface area contributed by atoms with Crippen LogP contribution in [0.25, 0.3) is 0 Å². The lowest BCUT2D eigenvalue weighted by molar-refractivity contribution is -0.153. The third-order valence-corrected chi connectivity index (χ3v) is 4.24. The summed E-state index contributed by atoms with van der Waals surface area (Å²) in [6.45, 7) is 1.20. The summed E-state index contributed by atoms with van der Waals surface area (Å²) in [5, 5.41) is 2.99. The van der Waals surface area contributed by atoms with Gasteiger partial charge in [0.2, 0.25) is 5.91 Å². The van der Waals surface area contributed by atoms with Gasteiger partial charge in [-0.3, -0.25) is 4.79 Å². The highest BCUT2D eigenvalue weighted by Gasteiger charge is 2.44. The molecule has 0 bridgehead atoms. The van der Waals surface area contributed by atoms with Gasteiger partial charge in [0, 0.05) is 12.2 Å². The fraction of sp³-hybridized carbons (Fsp3) is 0.533. The van der Waals surface area contributed by atoms with Crippen molar-refractivity contribution in [2.75, 3.05) is 25.1 Å². The van der Waals surface area contributed by atoms with Gasteiger partial charge in [-0.15, -0.1) is 0 Å². The Balaban J connectivity index is 1.74. The van der Waals surface area contributed by atoms with E-state index in [1.54, 1.807) is 0 Å². The first-order valence-electron chi connectivity index (χ1n) is 6.95. The van der Waals surface area contributed by atoms with Gasteiger partial charge in [0.15, 0.2) is 0 Å². The first-order chi connectivity index (χ1) is 9.23. The normalized spacial score (nSPS) is 20.3. The van der Waals surface area contributed by atoms with Crippen LogP contribution in [0.3, 0.4) is 0 Å². The first kappa shape index (κ1) is 12.6. The second-order valence-electron chi connectivity index (χ2n) is 5.62. The fourth-order valence-corrected chi connectivity index (χ4v) is 2.76. The van der Waals surface area contributed by atoms with Crippen molar-refractivity contribution >= 4 is 11.6 Å². The molecule has 3 N–H and O–H groups in total. The number of carbonyl (C=O) groups is 1. The van der Waals surface area contributed by atoms with Crippen molar-refractivity contribution in [2.24, 2.45) is 11.1 Å². The predicted octanol–water partition coefficient (Wildman–Crippen LogP) is 1.48. The maximum absolute atomic E-state index is 12.2. The Morgan fingerprint density at radius 2 is 2.00 bits per heavy atom. The summed E-state index contributed by atoms with van der Waals surface area (Å²) >= 11 is 0. The number of hydrogen-bond donors (Lipinski definition) is 2. The van der Waals surface area contributed by atoms with Gasteiger partial charge >= 0.3 is 0 Å². The summed E-state index contributed by atoms with van der Waals surface area (Å²) in [7, 11) is 0. The van der Waals surface area contributed by atoms with E-state index in [9.17, 15) is 4.79 Å². The smallest absolute Gasteiger partial charge is 0.236 e.